The minimum Gasteiger partial charge on any atom is -0.347 e. The Bertz CT molecular complexity index is 577. The van der Waals surface area contributed by atoms with Crippen molar-refractivity contribution in [3.8, 4) is 0 Å². The van der Waals surface area contributed by atoms with E-state index in [9.17, 15) is 0 Å². The molecule has 0 saturated heterocycles. The van der Waals surface area contributed by atoms with E-state index in [2.05, 4.69) is 62.3 Å². The summed E-state index contributed by atoms with van der Waals surface area (Å²) in [5, 5.41) is 4.56. The van der Waals surface area contributed by atoms with Crippen LogP contribution in [-0.4, -0.2) is 18.6 Å². The van der Waals surface area contributed by atoms with E-state index in [1.54, 1.807) is 11.3 Å². The normalized spacial score (nSPS) is 10.9. The van der Waals surface area contributed by atoms with Crippen LogP contribution in [0.3, 0.4) is 0 Å². The highest BCUT2D eigenvalue weighted by Gasteiger charge is 2.12. The summed E-state index contributed by atoms with van der Waals surface area (Å²) >= 11 is 1.80. The van der Waals surface area contributed by atoms with Crippen LogP contribution in [0.1, 0.15) is 35.0 Å². The Hall–Kier alpha value is -1.39. The predicted octanol–water partition coefficient (Wildman–Crippen LogP) is 3.90. The first kappa shape index (κ1) is 16.0. The number of anilines is 1. The molecule has 0 aliphatic heterocycles. The zero-order chi connectivity index (χ0) is 15.2. The maximum Gasteiger partial charge on any atom is 0.185 e. The number of nitrogens with one attached hydrogen (secondary N) is 1. The lowest BCUT2D eigenvalue weighted by atomic mass is 10.1. The van der Waals surface area contributed by atoms with Crippen molar-refractivity contribution < 1.29 is 0 Å². The Kier molecular flexibility index (Phi) is 5.76. The average molecular weight is 303 g/mol. The van der Waals surface area contributed by atoms with Gasteiger partial charge < -0.3 is 10.2 Å². The number of hydrogen-bond acceptors (Lipinski definition) is 4. The van der Waals surface area contributed by atoms with E-state index in [-0.39, 0.29) is 0 Å². The van der Waals surface area contributed by atoms with Crippen LogP contribution in [0.15, 0.2) is 24.3 Å². The largest absolute Gasteiger partial charge is 0.347 e. The summed E-state index contributed by atoms with van der Waals surface area (Å²) in [7, 11) is 2.12. The van der Waals surface area contributed by atoms with Gasteiger partial charge in [-0.3, -0.25) is 0 Å². The minimum atomic E-state index is 0.904. The molecule has 0 spiro atoms. The smallest absolute Gasteiger partial charge is 0.185 e. The molecule has 0 radical (unpaired) electrons. The topological polar surface area (TPSA) is 28.2 Å². The molecule has 114 valence electrons. The first-order valence-electron chi connectivity index (χ1n) is 7.54. The summed E-state index contributed by atoms with van der Waals surface area (Å²) < 4.78 is 0. The molecule has 0 fully saturated rings. The lowest BCUT2D eigenvalue weighted by Gasteiger charge is -2.17. The van der Waals surface area contributed by atoms with E-state index in [1.165, 1.54) is 16.0 Å². The lowest BCUT2D eigenvalue weighted by Crippen LogP contribution is -2.16. The third-order valence-corrected chi connectivity index (χ3v) is 4.86. The number of benzene rings is 1. The summed E-state index contributed by atoms with van der Waals surface area (Å²) in [6, 6.07) is 8.54. The molecule has 1 N–H and O–H groups in total. The molecular formula is C17H25N3S. The van der Waals surface area contributed by atoms with E-state index >= 15 is 0 Å². The van der Waals surface area contributed by atoms with Crippen LogP contribution in [0, 0.1) is 13.8 Å². The van der Waals surface area contributed by atoms with Gasteiger partial charge in [-0.15, -0.1) is 11.3 Å². The predicted molar refractivity (Wildman–Crippen MR) is 92.1 cm³/mol. The number of aryl methyl sites for hydroxylation is 2. The van der Waals surface area contributed by atoms with Crippen LogP contribution in [0.4, 0.5) is 5.13 Å². The molecule has 0 aliphatic carbocycles. The summed E-state index contributed by atoms with van der Waals surface area (Å²) in [4.78, 5) is 8.30. The molecule has 3 nitrogen and oxygen atoms in total. The van der Waals surface area contributed by atoms with Gasteiger partial charge in [0.25, 0.3) is 0 Å². The zero-order valence-electron chi connectivity index (χ0n) is 13.4. The van der Waals surface area contributed by atoms with Crippen LogP contribution in [0.2, 0.25) is 0 Å². The molecule has 1 heterocycles. The Balaban J connectivity index is 2.04. The summed E-state index contributed by atoms with van der Waals surface area (Å²) in [5.41, 5.74) is 3.84. The highest BCUT2D eigenvalue weighted by Crippen LogP contribution is 2.26. The van der Waals surface area contributed by atoms with Gasteiger partial charge in [0.2, 0.25) is 0 Å². The summed E-state index contributed by atoms with van der Waals surface area (Å²) in [6.45, 7) is 9.34. The molecule has 0 amide bonds. The zero-order valence-corrected chi connectivity index (χ0v) is 14.3. The summed E-state index contributed by atoms with van der Waals surface area (Å²) in [5.74, 6) is 0. The number of aromatic nitrogens is 1. The molecule has 4 heteroatoms. The Labute approximate surface area is 132 Å². The second-order valence-electron chi connectivity index (χ2n) is 5.46. The van der Waals surface area contributed by atoms with E-state index in [0.29, 0.717) is 0 Å². The van der Waals surface area contributed by atoms with Crippen molar-refractivity contribution >= 4 is 16.5 Å². The lowest BCUT2D eigenvalue weighted by molar-refractivity contribution is 0.678. The van der Waals surface area contributed by atoms with Crippen LogP contribution in [-0.2, 0) is 13.1 Å². The van der Waals surface area contributed by atoms with Gasteiger partial charge >= 0.3 is 0 Å². The number of thiazole rings is 1. The highest BCUT2D eigenvalue weighted by molar-refractivity contribution is 7.15. The second kappa shape index (κ2) is 7.57. The van der Waals surface area contributed by atoms with Gasteiger partial charge in [-0.2, -0.15) is 0 Å². The quantitative estimate of drug-likeness (QED) is 0.786. The highest BCUT2D eigenvalue weighted by atomic mass is 32.1. The van der Waals surface area contributed by atoms with Crippen molar-refractivity contribution in [3.63, 3.8) is 0 Å². The molecule has 0 saturated carbocycles. The van der Waals surface area contributed by atoms with Crippen LogP contribution >= 0.6 is 11.3 Å². The van der Waals surface area contributed by atoms with Crippen molar-refractivity contribution in [3.05, 3.63) is 46.0 Å². The van der Waals surface area contributed by atoms with Crippen molar-refractivity contribution in [2.75, 3.05) is 18.5 Å². The first-order chi connectivity index (χ1) is 10.1. The third-order valence-electron chi connectivity index (χ3n) is 3.59. The van der Waals surface area contributed by atoms with Gasteiger partial charge in [0.05, 0.1) is 5.69 Å². The van der Waals surface area contributed by atoms with E-state index in [1.807, 2.05) is 0 Å². The van der Waals surface area contributed by atoms with Gasteiger partial charge in [-0.05, 0) is 37.9 Å². The van der Waals surface area contributed by atoms with Gasteiger partial charge in [0, 0.05) is 25.0 Å². The maximum atomic E-state index is 4.72. The number of nitrogens with zero attached hydrogens (tertiary/aromatic N) is 2. The fourth-order valence-electron chi connectivity index (χ4n) is 2.23. The number of rotatable bonds is 7. The Morgan fingerprint density at radius 2 is 2.00 bits per heavy atom. The third kappa shape index (κ3) is 4.29. The fourth-order valence-corrected chi connectivity index (χ4v) is 3.22. The first-order valence-corrected chi connectivity index (χ1v) is 8.36. The van der Waals surface area contributed by atoms with Gasteiger partial charge in [-0.25, -0.2) is 4.98 Å². The molecule has 0 bridgehead atoms. The molecule has 0 unspecified atom stereocenters. The van der Waals surface area contributed by atoms with Crippen molar-refractivity contribution in [1.29, 1.82) is 0 Å². The molecule has 1 aromatic carbocycles. The van der Waals surface area contributed by atoms with Crippen molar-refractivity contribution in [2.24, 2.45) is 0 Å². The standard InChI is InChI=1S/C17H25N3S/c1-5-10-18-11-16-14(3)19-17(21-16)20(4)12-15-9-7-6-8-13(15)2/h6-9,18H,5,10-12H2,1-4H3. The van der Waals surface area contributed by atoms with Gasteiger partial charge in [0.1, 0.15) is 0 Å². The van der Waals surface area contributed by atoms with Gasteiger partial charge in [0.15, 0.2) is 5.13 Å². The van der Waals surface area contributed by atoms with Crippen LogP contribution in [0.5, 0.6) is 0 Å². The molecule has 0 atom stereocenters. The molecule has 2 rings (SSSR count). The average Bonchev–Trinajstić information content (AvgIpc) is 2.83. The van der Waals surface area contributed by atoms with E-state index in [0.717, 1.165) is 36.9 Å². The molecule has 0 aliphatic rings. The SMILES string of the molecule is CCCNCc1sc(N(C)Cc2ccccc2C)nc1C. The summed E-state index contributed by atoms with van der Waals surface area (Å²) in [6.07, 6.45) is 1.16. The maximum absolute atomic E-state index is 4.72. The van der Waals surface area contributed by atoms with Crippen molar-refractivity contribution in [1.82, 2.24) is 10.3 Å². The minimum absolute atomic E-state index is 0.904. The molecular weight excluding hydrogens is 278 g/mol. The molecule has 21 heavy (non-hydrogen) atoms. The Morgan fingerprint density at radius 3 is 2.71 bits per heavy atom. The van der Waals surface area contributed by atoms with E-state index < -0.39 is 0 Å². The van der Waals surface area contributed by atoms with E-state index in [4.69, 9.17) is 4.98 Å². The molecule has 2 aromatic rings. The van der Waals surface area contributed by atoms with Crippen LogP contribution in [0.25, 0.3) is 0 Å². The molecule has 1 aromatic heterocycles. The fraction of sp³-hybridized carbons (Fsp3) is 0.471. The second-order valence-corrected chi connectivity index (χ2v) is 6.53. The monoisotopic (exact) mass is 303 g/mol. The Morgan fingerprint density at radius 1 is 1.24 bits per heavy atom. The van der Waals surface area contributed by atoms with Crippen molar-refractivity contribution in [2.45, 2.75) is 40.3 Å². The van der Waals surface area contributed by atoms with Gasteiger partial charge in [-0.1, -0.05) is 31.2 Å². The van der Waals surface area contributed by atoms with Crippen LogP contribution < -0.4 is 10.2 Å². The number of hydrogen-bond donors (Lipinski definition) is 1.